The third-order valence-corrected chi connectivity index (χ3v) is 5.45. The van der Waals surface area contributed by atoms with Crippen molar-refractivity contribution in [3.63, 3.8) is 0 Å². The van der Waals surface area contributed by atoms with Crippen LogP contribution in [0.4, 0.5) is 5.69 Å². The number of rotatable bonds is 4. The SMILES string of the molecule is COc1ccccc1[C@@H]1C(=C(O)c2ccc(Br)cc2)C(=O)C(=O)N1c1cccnc1. The van der Waals surface area contributed by atoms with Crippen molar-refractivity contribution in [2.75, 3.05) is 12.0 Å². The Morgan fingerprint density at radius 3 is 2.47 bits per heavy atom. The molecule has 1 fully saturated rings. The highest BCUT2D eigenvalue weighted by atomic mass is 79.9. The third kappa shape index (κ3) is 3.37. The molecule has 30 heavy (non-hydrogen) atoms. The number of para-hydroxylation sites is 1. The standard InChI is InChI=1S/C23H17BrN2O4/c1-30-18-7-3-2-6-17(18)20-19(21(27)14-8-10-15(24)11-9-14)22(28)23(29)26(20)16-5-4-12-25-13-16/h2-13,20,27H,1H3/t20-/m1/s1. The van der Waals surface area contributed by atoms with Gasteiger partial charge in [-0.15, -0.1) is 0 Å². The first-order valence-electron chi connectivity index (χ1n) is 9.13. The van der Waals surface area contributed by atoms with Crippen molar-refractivity contribution in [2.24, 2.45) is 0 Å². The number of methoxy groups -OCH3 is 1. The molecule has 2 heterocycles. The van der Waals surface area contributed by atoms with Crippen molar-refractivity contribution in [3.8, 4) is 5.75 Å². The molecule has 0 spiro atoms. The molecule has 3 aromatic rings. The minimum absolute atomic E-state index is 0.00400. The summed E-state index contributed by atoms with van der Waals surface area (Å²) in [4.78, 5) is 31.5. The number of Topliss-reactive ketones (excluding diaryl/α,β-unsaturated/α-hetero) is 1. The maximum absolute atomic E-state index is 13.1. The first kappa shape index (κ1) is 19.8. The van der Waals surface area contributed by atoms with Gasteiger partial charge in [-0.3, -0.25) is 19.5 Å². The lowest BCUT2D eigenvalue weighted by Gasteiger charge is -2.26. The fourth-order valence-corrected chi connectivity index (χ4v) is 3.81. The average Bonchev–Trinajstić information content (AvgIpc) is 3.04. The number of carbonyl (C=O) groups excluding carboxylic acids is 2. The number of aromatic nitrogens is 1. The second kappa shape index (κ2) is 8.12. The van der Waals surface area contributed by atoms with Gasteiger partial charge < -0.3 is 9.84 Å². The van der Waals surface area contributed by atoms with Crippen molar-refractivity contribution in [1.29, 1.82) is 0 Å². The predicted molar refractivity (Wildman–Crippen MR) is 116 cm³/mol. The van der Waals surface area contributed by atoms with E-state index in [0.29, 0.717) is 22.6 Å². The van der Waals surface area contributed by atoms with Gasteiger partial charge in [0.25, 0.3) is 11.7 Å². The highest BCUT2D eigenvalue weighted by Crippen LogP contribution is 2.44. The van der Waals surface area contributed by atoms with Crippen LogP contribution in [0.3, 0.4) is 0 Å². The number of halogens is 1. The molecule has 1 aliphatic rings. The van der Waals surface area contributed by atoms with Gasteiger partial charge in [-0.2, -0.15) is 0 Å². The second-order valence-corrected chi connectivity index (χ2v) is 7.54. The number of anilines is 1. The number of hydrogen-bond acceptors (Lipinski definition) is 5. The Kier molecular flexibility index (Phi) is 5.37. The predicted octanol–water partition coefficient (Wildman–Crippen LogP) is 4.48. The largest absolute Gasteiger partial charge is 0.507 e. The highest BCUT2D eigenvalue weighted by molar-refractivity contribution is 9.10. The quantitative estimate of drug-likeness (QED) is 0.349. The highest BCUT2D eigenvalue weighted by Gasteiger charge is 2.47. The van der Waals surface area contributed by atoms with Crippen LogP contribution in [-0.4, -0.2) is 28.9 Å². The van der Waals surface area contributed by atoms with Crippen LogP contribution in [0.15, 0.2) is 83.1 Å². The van der Waals surface area contributed by atoms with E-state index in [4.69, 9.17) is 4.74 Å². The van der Waals surface area contributed by atoms with Gasteiger partial charge in [-0.25, -0.2) is 0 Å². The van der Waals surface area contributed by atoms with E-state index in [1.165, 1.54) is 18.2 Å². The van der Waals surface area contributed by atoms with Crippen LogP contribution >= 0.6 is 15.9 Å². The molecule has 0 aliphatic carbocycles. The molecule has 0 saturated carbocycles. The van der Waals surface area contributed by atoms with Crippen molar-refractivity contribution in [3.05, 3.63) is 94.2 Å². The summed E-state index contributed by atoms with van der Waals surface area (Å²) in [6, 6.07) is 16.5. The van der Waals surface area contributed by atoms with Gasteiger partial charge in [0, 0.05) is 21.8 Å². The fraction of sp³-hybridized carbons (Fsp3) is 0.0870. The van der Waals surface area contributed by atoms with Gasteiger partial charge in [0.15, 0.2) is 0 Å². The Balaban J connectivity index is 1.98. The number of nitrogens with zero attached hydrogens (tertiary/aromatic N) is 2. The molecule has 0 bridgehead atoms. The smallest absolute Gasteiger partial charge is 0.300 e. The van der Waals surface area contributed by atoms with Gasteiger partial charge >= 0.3 is 0 Å². The Hall–Kier alpha value is -3.45. The molecule has 6 nitrogen and oxygen atoms in total. The zero-order valence-electron chi connectivity index (χ0n) is 15.9. The van der Waals surface area contributed by atoms with Crippen LogP contribution in [0.25, 0.3) is 5.76 Å². The van der Waals surface area contributed by atoms with E-state index in [1.807, 2.05) is 0 Å². The van der Waals surface area contributed by atoms with E-state index in [-0.39, 0.29) is 11.3 Å². The topological polar surface area (TPSA) is 79.7 Å². The number of amides is 1. The first-order chi connectivity index (χ1) is 14.5. The summed E-state index contributed by atoms with van der Waals surface area (Å²) in [5, 5.41) is 11.1. The van der Waals surface area contributed by atoms with Crippen molar-refractivity contribution < 1.29 is 19.4 Å². The summed E-state index contributed by atoms with van der Waals surface area (Å²) in [5.41, 5.74) is 1.46. The van der Waals surface area contributed by atoms with Crippen molar-refractivity contribution in [1.82, 2.24) is 4.98 Å². The van der Waals surface area contributed by atoms with E-state index < -0.39 is 17.7 Å². The number of benzene rings is 2. The number of hydrogen-bond donors (Lipinski definition) is 1. The molecule has 1 N–H and O–H groups in total. The molecule has 2 aromatic carbocycles. The van der Waals surface area contributed by atoms with Crippen LogP contribution < -0.4 is 9.64 Å². The number of ether oxygens (including phenoxy) is 1. The molecule has 1 saturated heterocycles. The van der Waals surface area contributed by atoms with Crippen molar-refractivity contribution in [2.45, 2.75) is 6.04 Å². The van der Waals surface area contributed by atoms with Crippen molar-refractivity contribution >= 4 is 39.1 Å². The molecule has 0 unspecified atom stereocenters. The average molecular weight is 465 g/mol. The molecule has 1 amide bonds. The Morgan fingerprint density at radius 2 is 1.80 bits per heavy atom. The molecule has 7 heteroatoms. The molecule has 1 atom stereocenters. The summed E-state index contributed by atoms with van der Waals surface area (Å²) < 4.78 is 6.32. The molecular weight excluding hydrogens is 448 g/mol. The lowest BCUT2D eigenvalue weighted by Crippen LogP contribution is -2.29. The Morgan fingerprint density at radius 1 is 1.07 bits per heavy atom. The summed E-state index contributed by atoms with van der Waals surface area (Å²) in [6.45, 7) is 0. The van der Waals surface area contributed by atoms with Gasteiger partial charge in [-0.05, 0) is 30.3 Å². The molecular formula is C23H17BrN2O4. The lowest BCUT2D eigenvalue weighted by molar-refractivity contribution is -0.132. The van der Waals surface area contributed by atoms with Gasteiger partial charge in [-0.1, -0.05) is 46.3 Å². The fourth-order valence-electron chi connectivity index (χ4n) is 3.54. The van der Waals surface area contributed by atoms with E-state index in [1.54, 1.807) is 66.9 Å². The number of carbonyl (C=O) groups is 2. The van der Waals surface area contributed by atoms with Crippen LogP contribution in [-0.2, 0) is 9.59 Å². The number of pyridine rings is 1. The Bertz CT molecular complexity index is 1140. The van der Waals surface area contributed by atoms with Gasteiger partial charge in [0.2, 0.25) is 0 Å². The first-order valence-corrected chi connectivity index (χ1v) is 9.92. The normalized spacial score (nSPS) is 17.9. The van der Waals surface area contributed by atoms with Crippen LogP contribution in [0.5, 0.6) is 5.75 Å². The van der Waals surface area contributed by atoms with Gasteiger partial charge in [0.1, 0.15) is 11.5 Å². The maximum Gasteiger partial charge on any atom is 0.300 e. The van der Waals surface area contributed by atoms with Crippen LogP contribution in [0.1, 0.15) is 17.2 Å². The molecule has 1 aliphatic heterocycles. The zero-order valence-corrected chi connectivity index (χ0v) is 17.5. The van der Waals surface area contributed by atoms with E-state index >= 15 is 0 Å². The van der Waals surface area contributed by atoms with E-state index in [0.717, 1.165) is 4.47 Å². The maximum atomic E-state index is 13.1. The summed E-state index contributed by atoms with van der Waals surface area (Å²) in [5.74, 6) is -1.25. The van der Waals surface area contributed by atoms with E-state index in [9.17, 15) is 14.7 Å². The molecule has 4 rings (SSSR count). The number of ketones is 1. The van der Waals surface area contributed by atoms with E-state index in [2.05, 4.69) is 20.9 Å². The second-order valence-electron chi connectivity index (χ2n) is 6.63. The van der Waals surface area contributed by atoms with Crippen LogP contribution in [0, 0.1) is 0 Å². The monoisotopic (exact) mass is 464 g/mol. The minimum Gasteiger partial charge on any atom is -0.507 e. The molecule has 150 valence electrons. The lowest BCUT2D eigenvalue weighted by atomic mass is 9.94. The number of aliphatic hydroxyl groups excluding tert-OH is 1. The molecule has 0 radical (unpaired) electrons. The zero-order chi connectivity index (χ0) is 21.3. The van der Waals surface area contributed by atoms with Gasteiger partial charge in [0.05, 0.1) is 30.6 Å². The Labute approximate surface area is 181 Å². The van der Waals surface area contributed by atoms with Crippen LogP contribution in [0.2, 0.25) is 0 Å². The summed E-state index contributed by atoms with van der Waals surface area (Å²) >= 11 is 3.36. The minimum atomic E-state index is -0.867. The third-order valence-electron chi connectivity index (χ3n) is 4.92. The molecule has 1 aromatic heterocycles. The summed E-state index contributed by atoms with van der Waals surface area (Å²) in [7, 11) is 1.52. The number of aliphatic hydroxyl groups is 1. The summed E-state index contributed by atoms with van der Waals surface area (Å²) in [6.07, 6.45) is 3.09.